The summed E-state index contributed by atoms with van der Waals surface area (Å²) >= 11 is 0. The van der Waals surface area contributed by atoms with Gasteiger partial charge in [0, 0.05) is 50.9 Å². The summed E-state index contributed by atoms with van der Waals surface area (Å²) in [5.41, 5.74) is 0. The lowest BCUT2D eigenvalue weighted by Crippen LogP contribution is -2.49. The highest BCUT2D eigenvalue weighted by atomic mass is 16.6. The molecule has 2 amide bonds. The van der Waals surface area contributed by atoms with E-state index in [9.17, 15) is 9.59 Å². The Bertz CT molecular complexity index is 867. The molecule has 2 aromatic heterocycles. The Kier molecular flexibility index (Phi) is 7.61. The number of rotatable bonds is 7. The molecule has 0 atom stereocenters. The second-order valence-electron chi connectivity index (χ2n) is 8.20. The second kappa shape index (κ2) is 10.4. The summed E-state index contributed by atoms with van der Waals surface area (Å²) in [4.78, 5) is 28.2. The van der Waals surface area contributed by atoms with E-state index in [1.54, 1.807) is 28.1 Å². The monoisotopic (exact) mass is 432 g/mol. The molecule has 31 heavy (non-hydrogen) atoms. The quantitative estimate of drug-likeness (QED) is 0.706. The summed E-state index contributed by atoms with van der Waals surface area (Å²) in [6.07, 6.45) is 4.55. The van der Waals surface area contributed by atoms with Gasteiger partial charge in [-0.1, -0.05) is 0 Å². The van der Waals surface area contributed by atoms with Crippen LogP contribution in [0.1, 0.15) is 39.9 Å². The van der Waals surface area contributed by atoms with Crippen molar-refractivity contribution in [2.45, 2.75) is 52.7 Å². The Balaban J connectivity index is 1.47. The van der Waals surface area contributed by atoms with E-state index >= 15 is 0 Å². The van der Waals surface area contributed by atoms with E-state index in [0.717, 1.165) is 38.3 Å². The zero-order valence-electron chi connectivity index (χ0n) is 18.7. The van der Waals surface area contributed by atoms with E-state index in [0.29, 0.717) is 18.9 Å². The Morgan fingerprint density at radius 1 is 1.16 bits per heavy atom. The fourth-order valence-corrected chi connectivity index (χ4v) is 3.38. The minimum Gasteiger partial charge on any atom is -0.447 e. The molecule has 1 aliphatic heterocycles. The highest BCUT2D eigenvalue weighted by Gasteiger charge is 2.22. The first-order chi connectivity index (χ1) is 14.8. The predicted molar refractivity (Wildman–Crippen MR) is 114 cm³/mol. The van der Waals surface area contributed by atoms with Crippen molar-refractivity contribution in [1.29, 1.82) is 0 Å². The van der Waals surface area contributed by atoms with Gasteiger partial charge in [-0.25, -0.2) is 9.59 Å². The number of aryl methyl sites for hydroxylation is 1. The van der Waals surface area contributed by atoms with Gasteiger partial charge in [-0.05, 0) is 40.7 Å². The van der Waals surface area contributed by atoms with Crippen LogP contribution >= 0.6 is 0 Å². The van der Waals surface area contributed by atoms with Crippen molar-refractivity contribution >= 4 is 12.1 Å². The van der Waals surface area contributed by atoms with Crippen molar-refractivity contribution in [3.63, 3.8) is 0 Å². The van der Waals surface area contributed by atoms with Gasteiger partial charge in [-0.15, -0.1) is 15.3 Å². The van der Waals surface area contributed by atoms with Gasteiger partial charge in [0.05, 0.1) is 6.10 Å². The lowest BCUT2D eigenvalue weighted by atomic mass is 10.2. The molecule has 1 aliphatic rings. The molecular formula is C20H32N8O3. The Morgan fingerprint density at radius 2 is 1.90 bits per heavy atom. The van der Waals surface area contributed by atoms with Gasteiger partial charge < -0.3 is 15.0 Å². The van der Waals surface area contributed by atoms with Crippen LogP contribution in [0.4, 0.5) is 9.59 Å². The fourth-order valence-electron chi connectivity index (χ4n) is 3.38. The number of hydrogen-bond donors (Lipinski definition) is 1. The molecule has 0 unspecified atom stereocenters. The normalized spacial score (nSPS) is 15.0. The summed E-state index contributed by atoms with van der Waals surface area (Å²) < 4.78 is 8.35. The molecule has 1 saturated heterocycles. The third-order valence-electron chi connectivity index (χ3n) is 4.90. The number of hydrogen-bond acceptors (Lipinski definition) is 7. The number of piperazine rings is 1. The van der Waals surface area contributed by atoms with Crippen LogP contribution in [0.3, 0.4) is 0 Å². The molecular weight excluding hydrogens is 400 g/mol. The van der Waals surface area contributed by atoms with Gasteiger partial charge in [0.15, 0.2) is 5.82 Å². The maximum Gasteiger partial charge on any atom is 0.410 e. The Morgan fingerprint density at radius 3 is 2.58 bits per heavy atom. The molecule has 3 heterocycles. The zero-order valence-corrected chi connectivity index (χ0v) is 18.7. The summed E-state index contributed by atoms with van der Waals surface area (Å²) in [7, 11) is 0. The summed E-state index contributed by atoms with van der Waals surface area (Å²) in [6.45, 7) is 11.4. The highest BCUT2D eigenvalue weighted by Crippen LogP contribution is 2.11. The molecule has 0 aromatic carbocycles. The van der Waals surface area contributed by atoms with Crippen LogP contribution in [0, 0.1) is 0 Å². The van der Waals surface area contributed by atoms with Crippen molar-refractivity contribution in [3.05, 3.63) is 24.4 Å². The molecule has 0 aliphatic carbocycles. The maximum absolute atomic E-state index is 12.1. The average molecular weight is 433 g/mol. The average Bonchev–Trinajstić information content (AvgIpc) is 3.36. The maximum atomic E-state index is 12.1. The highest BCUT2D eigenvalue weighted by molar-refractivity contribution is 5.76. The molecule has 0 bridgehead atoms. The van der Waals surface area contributed by atoms with Crippen LogP contribution in [-0.4, -0.2) is 91.3 Å². The Labute approximate surface area is 182 Å². The number of nitrogens with zero attached hydrogens (tertiary/aromatic N) is 7. The van der Waals surface area contributed by atoms with E-state index in [1.807, 2.05) is 27.7 Å². The topological polar surface area (TPSA) is 110 Å². The molecule has 0 radical (unpaired) electrons. The van der Waals surface area contributed by atoms with Crippen LogP contribution in [-0.2, 0) is 11.2 Å². The van der Waals surface area contributed by atoms with Crippen molar-refractivity contribution in [3.8, 4) is 5.82 Å². The van der Waals surface area contributed by atoms with Gasteiger partial charge in [0.2, 0.25) is 0 Å². The van der Waals surface area contributed by atoms with E-state index in [4.69, 9.17) is 4.74 Å². The van der Waals surface area contributed by atoms with Crippen molar-refractivity contribution in [1.82, 2.24) is 39.7 Å². The minimum atomic E-state index is -0.271. The van der Waals surface area contributed by atoms with Crippen LogP contribution in [0.15, 0.2) is 18.6 Å². The summed E-state index contributed by atoms with van der Waals surface area (Å²) in [5.74, 6) is 1.41. The van der Waals surface area contributed by atoms with Crippen LogP contribution in [0.2, 0.25) is 0 Å². The first-order valence-corrected chi connectivity index (χ1v) is 10.8. The molecule has 3 rings (SSSR count). The number of carbonyl (C=O) groups excluding carboxylic acids is 2. The summed E-state index contributed by atoms with van der Waals surface area (Å²) in [6, 6.07) is 1.53. The second-order valence-corrected chi connectivity index (χ2v) is 8.20. The molecule has 11 nitrogen and oxygen atoms in total. The lowest BCUT2D eigenvalue weighted by molar-refractivity contribution is 0.0570. The van der Waals surface area contributed by atoms with Crippen molar-refractivity contribution < 1.29 is 14.3 Å². The van der Waals surface area contributed by atoms with Crippen LogP contribution in [0.5, 0.6) is 0 Å². The summed E-state index contributed by atoms with van der Waals surface area (Å²) in [5, 5.41) is 15.4. The molecule has 2 aromatic rings. The minimum absolute atomic E-state index is 0.0355. The molecule has 170 valence electrons. The number of nitrogens with one attached hydrogen (secondary N) is 1. The zero-order chi connectivity index (χ0) is 22.4. The molecule has 1 fully saturated rings. The number of carbonyl (C=O) groups is 2. The first-order valence-electron chi connectivity index (χ1n) is 10.8. The van der Waals surface area contributed by atoms with Crippen LogP contribution < -0.4 is 5.32 Å². The molecule has 1 N–H and O–H groups in total. The number of aromatic nitrogens is 5. The largest absolute Gasteiger partial charge is 0.447 e. The van der Waals surface area contributed by atoms with Gasteiger partial charge in [0.1, 0.15) is 12.2 Å². The van der Waals surface area contributed by atoms with Crippen LogP contribution in [0.25, 0.3) is 5.82 Å². The third kappa shape index (κ3) is 6.27. The van der Waals surface area contributed by atoms with E-state index < -0.39 is 0 Å². The van der Waals surface area contributed by atoms with Gasteiger partial charge in [-0.3, -0.25) is 9.47 Å². The van der Waals surface area contributed by atoms with E-state index in [-0.39, 0.29) is 24.3 Å². The van der Waals surface area contributed by atoms with Gasteiger partial charge in [-0.2, -0.15) is 4.68 Å². The fraction of sp³-hybridized carbons (Fsp3) is 0.650. The SMILES string of the molecule is CC(C)NC(=O)n1ccc(-n2cnnc2CCCN2CCN(C(=O)OC(C)C)CC2)n1. The van der Waals surface area contributed by atoms with Gasteiger partial charge >= 0.3 is 12.1 Å². The van der Waals surface area contributed by atoms with Gasteiger partial charge in [0.25, 0.3) is 0 Å². The predicted octanol–water partition coefficient (Wildman–Crippen LogP) is 1.53. The van der Waals surface area contributed by atoms with Crippen molar-refractivity contribution in [2.24, 2.45) is 0 Å². The van der Waals surface area contributed by atoms with E-state index in [1.165, 1.54) is 4.68 Å². The molecule has 11 heteroatoms. The van der Waals surface area contributed by atoms with Crippen molar-refractivity contribution in [2.75, 3.05) is 32.7 Å². The standard InChI is InChI=1S/C20H32N8O3/c1-15(2)22-19(29)28-9-7-18(24-28)27-14-21-23-17(27)6-5-8-25-10-12-26(13-11-25)20(30)31-16(3)4/h7,9,14-16H,5-6,8,10-13H2,1-4H3,(H,22,29). The number of ether oxygens (including phenoxy) is 1. The third-order valence-corrected chi connectivity index (χ3v) is 4.90. The van der Waals surface area contributed by atoms with E-state index in [2.05, 4.69) is 25.5 Å². The molecule has 0 saturated carbocycles. The smallest absolute Gasteiger partial charge is 0.410 e. The Hall–Kier alpha value is -2.95. The number of amides is 2. The molecule has 0 spiro atoms. The first kappa shape index (κ1) is 22.7. The lowest BCUT2D eigenvalue weighted by Gasteiger charge is -2.34.